The third-order valence-electron chi connectivity index (χ3n) is 2.79. The van der Waals surface area contributed by atoms with Gasteiger partial charge >= 0.3 is 0 Å². The van der Waals surface area contributed by atoms with Crippen LogP contribution in [0, 0.1) is 0 Å². The molecule has 0 fully saturated rings. The highest BCUT2D eigenvalue weighted by Gasteiger charge is 2.14. The molecular formula is C14H15Cl2N3O2S3. The Labute approximate surface area is 159 Å². The van der Waals surface area contributed by atoms with E-state index in [0.29, 0.717) is 11.6 Å². The molecule has 0 aliphatic carbocycles. The molecule has 24 heavy (non-hydrogen) atoms. The number of nitrogens with one attached hydrogen (secondary N) is 1. The van der Waals surface area contributed by atoms with Crippen molar-refractivity contribution in [2.24, 2.45) is 5.73 Å². The van der Waals surface area contributed by atoms with E-state index in [1.54, 1.807) is 29.3 Å². The van der Waals surface area contributed by atoms with E-state index in [4.69, 9.17) is 28.9 Å². The number of sulfone groups is 1. The number of thioether (sulfide) groups is 1. The molecule has 0 radical (unpaired) electrons. The smallest absolute Gasteiger partial charge is 0.203 e. The molecule has 0 aliphatic rings. The molecule has 5 nitrogen and oxygen atoms in total. The summed E-state index contributed by atoms with van der Waals surface area (Å²) in [5.41, 5.74) is 5.73. The molecule has 0 atom stereocenters. The molecule has 10 heteroatoms. The van der Waals surface area contributed by atoms with Crippen molar-refractivity contribution < 1.29 is 8.42 Å². The topological polar surface area (TPSA) is 85.1 Å². The summed E-state index contributed by atoms with van der Waals surface area (Å²) < 4.78 is 24.5. The van der Waals surface area contributed by atoms with Gasteiger partial charge in [-0.1, -0.05) is 23.2 Å². The quantitative estimate of drug-likeness (QED) is 0.631. The summed E-state index contributed by atoms with van der Waals surface area (Å²) in [5.74, 6) is 1.68. The van der Waals surface area contributed by atoms with E-state index in [2.05, 4.69) is 10.3 Å². The minimum absolute atomic E-state index is 0.0415. The van der Waals surface area contributed by atoms with Crippen molar-refractivity contribution in [3.8, 4) is 0 Å². The van der Waals surface area contributed by atoms with Crippen molar-refractivity contribution in [2.45, 2.75) is 10.6 Å². The molecule has 2 aromatic rings. The number of thiazole rings is 1. The molecule has 1 aromatic heterocycles. The second-order valence-corrected chi connectivity index (χ2v) is 9.30. The van der Waals surface area contributed by atoms with Gasteiger partial charge < -0.3 is 11.1 Å². The number of halogens is 2. The van der Waals surface area contributed by atoms with E-state index >= 15 is 0 Å². The Morgan fingerprint density at radius 3 is 2.83 bits per heavy atom. The summed E-state index contributed by atoms with van der Waals surface area (Å²) in [7, 11) is -3.68. The van der Waals surface area contributed by atoms with E-state index in [1.165, 1.54) is 18.2 Å². The summed E-state index contributed by atoms with van der Waals surface area (Å²) in [4.78, 5) is 4.23. The number of hydrogen-bond donors (Lipinski definition) is 2. The molecule has 2 rings (SSSR count). The van der Waals surface area contributed by atoms with Crippen LogP contribution in [0.3, 0.4) is 0 Å². The summed E-state index contributed by atoms with van der Waals surface area (Å²) in [6, 6.07) is 4.12. The first-order chi connectivity index (χ1) is 11.4. The molecule has 0 spiro atoms. The molecular weight excluding hydrogens is 409 g/mol. The Morgan fingerprint density at radius 2 is 2.17 bits per heavy atom. The maximum atomic E-state index is 12.2. The third-order valence-corrected chi connectivity index (χ3v) is 6.93. The molecule has 0 unspecified atom stereocenters. The van der Waals surface area contributed by atoms with Crippen molar-refractivity contribution in [1.82, 2.24) is 10.3 Å². The van der Waals surface area contributed by atoms with Crippen molar-refractivity contribution in [1.29, 1.82) is 0 Å². The fourth-order valence-electron chi connectivity index (χ4n) is 1.68. The Bertz CT molecular complexity index is 809. The van der Waals surface area contributed by atoms with Crippen molar-refractivity contribution in [3.05, 3.63) is 56.1 Å². The van der Waals surface area contributed by atoms with Crippen LogP contribution in [-0.2, 0) is 15.6 Å². The predicted molar refractivity (Wildman–Crippen MR) is 102 cm³/mol. The lowest BCUT2D eigenvalue weighted by atomic mass is 10.4. The van der Waals surface area contributed by atoms with Crippen LogP contribution in [-0.4, -0.2) is 25.7 Å². The van der Waals surface area contributed by atoms with Gasteiger partial charge in [0.15, 0.2) is 0 Å². The van der Waals surface area contributed by atoms with Crippen molar-refractivity contribution >= 4 is 56.1 Å². The fourth-order valence-corrected chi connectivity index (χ4v) is 4.70. The number of hydrogen-bond acceptors (Lipinski definition) is 7. The van der Waals surface area contributed by atoms with Gasteiger partial charge in [-0.15, -0.1) is 11.3 Å². The molecule has 0 saturated heterocycles. The Morgan fingerprint density at radius 1 is 1.38 bits per heavy atom. The molecule has 0 aliphatic heterocycles. The SMILES string of the molecule is NC(=CS(=O)(=O)c1ccc(Cl)c(Cl)c1)NCCSCc1nccs1. The van der Waals surface area contributed by atoms with Crippen molar-refractivity contribution in [3.63, 3.8) is 0 Å². The number of benzene rings is 1. The minimum atomic E-state index is -3.68. The summed E-state index contributed by atoms with van der Waals surface area (Å²) >= 11 is 14.9. The van der Waals surface area contributed by atoms with Crippen LogP contribution in [0.2, 0.25) is 10.0 Å². The fraction of sp³-hybridized carbons (Fsp3) is 0.214. The van der Waals surface area contributed by atoms with Gasteiger partial charge in [-0.3, -0.25) is 0 Å². The number of rotatable bonds is 8. The van der Waals surface area contributed by atoms with Crippen LogP contribution in [0.15, 0.2) is 45.9 Å². The zero-order chi connectivity index (χ0) is 17.6. The number of aromatic nitrogens is 1. The van der Waals surface area contributed by atoms with Crippen LogP contribution < -0.4 is 11.1 Å². The van der Waals surface area contributed by atoms with Gasteiger partial charge in [-0.25, -0.2) is 13.4 Å². The first-order valence-corrected chi connectivity index (χ1v) is 11.1. The lowest BCUT2D eigenvalue weighted by Gasteiger charge is -2.07. The summed E-state index contributed by atoms with van der Waals surface area (Å²) in [6.45, 7) is 0.551. The number of nitrogens with zero attached hydrogens (tertiary/aromatic N) is 1. The average molecular weight is 424 g/mol. The lowest BCUT2D eigenvalue weighted by molar-refractivity contribution is 0.604. The van der Waals surface area contributed by atoms with Crippen LogP contribution in [0.25, 0.3) is 0 Å². The van der Waals surface area contributed by atoms with Gasteiger partial charge in [0.2, 0.25) is 9.84 Å². The van der Waals surface area contributed by atoms with E-state index < -0.39 is 9.84 Å². The minimum Gasteiger partial charge on any atom is -0.385 e. The standard InChI is InChI=1S/C14H15Cl2N3O2S3/c15-11-2-1-10(7-12(11)16)24(20,21)9-13(17)18-3-5-22-8-14-19-4-6-23-14/h1-2,4,6-7,9,18H,3,5,8,17H2. The molecule has 1 heterocycles. The second kappa shape index (κ2) is 8.96. The van der Waals surface area contributed by atoms with Gasteiger partial charge in [0.25, 0.3) is 0 Å². The molecule has 1 aromatic carbocycles. The van der Waals surface area contributed by atoms with Gasteiger partial charge in [0, 0.05) is 29.6 Å². The van der Waals surface area contributed by atoms with Gasteiger partial charge in [-0.2, -0.15) is 11.8 Å². The first-order valence-electron chi connectivity index (χ1n) is 6.76. The van der Waals surface area contributed by atoms with E-state index in [0.717, 1.165) is 21.9 Å². The normalized spacial score (nSPS) is 12.3. The molecule has 0 bridgehead atoms. The highest BCUT2D eigenvalue weighted by atomic mass is 35.5. The Hall–Kier alpha value is -0.930. The van der Waals surface area contributed by atoms with Crippen LogP contribution in [0.5, 0.6) is 0 Å². The predicted octanol–water partition coefficient (Wildman–Crippen LogP) is 3.50. The largest absolute Gasteiger partial charge is 0.385 e. The zero-order valence-corrected chi connectivity index (χ0v) is 16.4. The molecule has 0 saturated carbocycles. The highest BCUT2D eigenvalue weighted by Crippen LogP contribution is 2.25. The zero-order valence-electron chi connectivity index (χ0n) is 12.4. The van der Waals surface area contributed by atoms with E-state index in [1.807, 2.05) is 5.38 Å². The van der Waals surface area contributed by atoms with Gasteiger partial charge in [0.1, 0.15) is 10.8 Å². The number of nitrogens with two attached hydrogens (primary N) is 1. The van der Waals surface area contributed by atoms with Gasteiger partial charge in [0.05, 0.1) is 20.3 Å². The summed E-state index contributed by atoms with van der Waals surface area (Å²) in [6.07, 6.45) is 1.77. The monoisotopic (exact) mass is 423 g/mol. The second-order valence-electron chi connectivity index (χ2n) is 4.60. The maximum absolute atomic E-state index is 12.2. The van der Waals surface area contributed by atoms with Gasteiger partial charge in [-0.05, 0) is 18.2 Å². The van der Waals surface area contributed by atoms with Crippen LogP contribution in [0.1, 0.15) is 5.01 Å². The average Bonchev–Trinajstić information content (AvgIpc) is 3.02. The molecule has 3 N–H and O–H groups in total. The molecule has 130 valence electrons. The van der Waals surface area contributed by atoms with Crippen LogP contribution in [0.4, 0.5) is 0 Å². The Balaban J connectivity index is 1.85. The maximum Gasteiger partial charge on any atom is 0.203 e. The molecule has 0 amide bonds. The Kier molecular flexibility index (Phi) is 7.24. The highest BCUT2D eigenvalue weighted by molar-refractivity contribution is 7.98. The third kappa shape index (κ3) is 5.86. The summed E-state index contributed by atoms with van der Waals surface area (Å²) in [5, 5.41) is 7.33. The first kappa shape index (κ1) is 19.4. The van der Waals surface area contributed by atoms with Crippen LogP contribution >= 0.6 is 46.3 Å². The van der Waals surface area contributed by atoms with E-state index in [-0.39, 0.29) is 15.7 Å². The lowest BCUT2D eigenvalue weighted by Crippen LogP contribution is -2.23. The van der Waals surface area contributed by atoms with Crippen molar-refractivity contribution in [2.75, 3.05) is 12.3 Å². The van der Waals surface area contributed by atoms with E-state index in [9.17, 15) is 8.42 Å².